The minimum absolute atomic E-state index is 0.0860. The van der Waals surface area contributed by atoms with Crippen molar-refractivity contribution in [1.29, 1.82) is 0 Å². The van der Waals surface area contributed by atoms with Crippen LogP contribution in [0.3, 0.4) is 0 Å². The Labute approximate surface area is 162 Å². The molecule has 6 heteroatoms. The molecule has 0 spiro atoms. The van der Waals surface area contributed by atoms with E-state index in [1.165, 1.54) is 18.3 Å². The van der Waals surface area contributed by atoms with Gasteiger partial charge in [0.15, 0.2) is 0 Å². The highest BCUT2D eigenvalue weighted by Crippen LogP contribution is 2.24. The number of carbonyl (C=O) groups is 2. The maximum absolute atomic E-state index is 12.0. The number of anilines is 1. The van der Waals surface area contributed by atoms with E-state index in [0.717, 1.165) is 11.4 Å². The molecule has 0 aliphatic heterocycles. The predicted molar refractivity (Wildman–Crippen MR) is 108 cm³/mol. The lowest BCUT2D eigenvalue weighted by Gasteiger charge is -2.21. The summed E-state index contributed by atoms with van der Waals surface area (Å²) in [5.74, 6) is 1.24. The first-order chi connectivity index (χ1) is 13.1. The molecule has 0 atom stereocenters. The first-order valence-corrected chi connectivity index (χ1v) is 9.44. The number of hydrogen-bond donors (Lipinski definition) is 1. The van der Waals surface area contributed by atoms with Gasteiger partial charge in [0.1, 0.15) is 11.5 Å². The Balaban J connectivity index is 1.59. The van der Waals surface area contributed by atoms with Gasteiger partial charge in [0, 0.05) is 25.7 Å². The number of carbonyl (C=O) groups excluding carboxylic acids is 2. The molecule has 0 saturated heterocycles. The van der Waals surface area contributed by atoms with E-state index in [1.807, 2.05) is 66.0 Å². The largest absolute Gasteiger partial charge is 0.457 e. The molecule has 1 aromatic heterocycles. The zero-order valence-corrected chi connectivity index (χ0v) is 15.7. The van der Waals surface area contributed by atoms with Crippen LogP contribution in [-0.2, 0) is 4.79 Å². The molecule has 0 radical (unpaired) electrons. The highest BCUT2D eigenvalue weighted by atomic mass is 32.1. The average molecular weight is 380 g/mol. The second-order valence-corrected chi connectivity index (χ2v) is 6.76. The van der Waals surface area contributed by atoms with Crippen molar-refractivity contribution in [2.45, 2.75) is 6.92 Å². The summed E-state index contributed by atoms with van der Waals surface area (Å²) in [6.07, 6.45) is 0. The van der Waals surface area contributed by atoms with Gasteiger partial charge in [0.05, 0.1) is 4.88 Å². The number of thiophene rings is 1. The van der Waals surface area contributed by atoms with E-state index in [2.05, 4.69) is 5.32 Å². The van der Waals surface area contributed by atoms with Crippen molar-refractivity contribution in [3.63, 3.8) is 0 Å². The van der Waals surface area contributed by atoms with E-state index < -0.39 is 0 Å². The van der Waals surface area contributed by atoms with Crippen LogP contribution in [0.2, 0.25) is 0 Å². The maximum Gasteiger partial charge on any atom is 0.261 e. The fourth-order valence-corrected chi connectivity index (χ4v) is 3.20. The molecule has 5 nitrogen and oxygen atoms in total. The van der Waals surface area contributed by atoms with Crippen LogP contribution >= 0.6 is 11.3 Å². The smallest absolute Gasteiger partial charge is 0.261 e. The Kier molecular flexibility index (Phi) is 6.22. The van der Waals surface area contributed by atoms with Crippen LogP contribution in [0.1, 0.15) is 16.6 Å². The summed E-state index contributed by atoms with van der Waals surface area (Å²) in [6, 6.07) is 20.4. The molecule has 0 fully saturated rings. The SMILES string of the molecule is CC(=O)N(CCNC(=O)c1cccs1)c1ccc(Oc2ccccc2)cc1. The van der Waals surface area contributed by atoms with Gasteiger partial charge in [-0.1, -0.05) is 24.3 Å². The fourth-order valence-electron chi connectivity index (χ4n) is 2.56. The molecule has 0 aliphatic carbocycles. The summed E-state index contributed by atoms with van der Waals surface area (Å²) in [6.45, 7) is 2.28. The van der Waals surface area contributed by atoms with Gasteiger partial charge in [0.25, 0.3) is 5.91 Å². The van der Waals surface area contributed by atoms with Crippen LogP contribution in [0, 0.1) is 0 Å². The molecule has 2 amide bonds. The lowest BCUT2D eigenvalue weighted by atomic mass is 10.2. The number of nitrogens with zero attached hydrogens (tertiary/aromatic N) is 1. The number of rotatable bonds is 7. The third kappa shape index (κ3) is 5.18. The van der Waals surface area contributed by atoms with Crippen LogP contribution in [0.4, 0.5) is 5.69 Å². The van der Waals surface area contributed by atoms with Crippen molar-refractivity contribution in [2.75, 3.05) is 18.0 Å². The summed E-state index contributed by atoms with van der Waals surface area (Å²) in [5, 5.41) is 4.69. The normalized spacial score (nSPS) is 10.3. The molecule has 0 saturated carbocycles. The Hall–Kier alpha value is -3.12. The highest BCUT2D eigenvalue weighted by Gasteiger charge is 2.13. The van der Waals surface area contributed by atoms with Gasteiger partial charge in [-0.3, -0.25) is 9.59 Å². The van der Waals surface area contributed by atoms with Gasteiger partial charge in [0.2, 0.25) is 5.91 Å². The molecular weight excluding hydrogens is 360 g/mol. The lowest BCUT2D eigenvalue weighted by Crippen LogP contribution is -2.37. The molecule has 3 rings (SSSR count). The zero-order valence-electron chi connectivity index (χ0n) is 14.9. The maximum atomic E-state index is 12.0. The van der Waals surface area contributed by atoms with Crippen molar-refractivity contribution in [2.24, 2.45) is 0 Å². The highest BCUT2D eigenvalue weighted by molar-refractivity contribution is 7.12. The second-order valence-electron chi connectivity index (χ2n) is 5.81. The molecule has 0 aliphatic rings. The van der Waals surface area contributed by atoms with E-state index in [1.54, 1.807) is 11.0 Å². The molecule has 2 aromatic carbocycles. The van der Waals surface area contributed by atoms with E-state index in [9.17, 15) is 9.59 Å². The minimum atomic E-state index is -0.125. The Morgan fingerprint density at radius 1 is 0.963 bits per heavy atom. The van der Waals surface area contributed by atoms with Gasteiger partial charge < -0.3 is 15.0 Å². The molecule has 0 bridgehead atoms. The van der Waals surface area contributed by atoms with Gasteiger partial charge in [-0.25, -0.2) is 0 Å². The average Bonchev–Trinajstić information content (AvgIpc) is 3.21. The standard InChI is InChI=1S/C21H20N2O3S/c1-16(24)23(14-13-22-21(25)20-8-5-15-27-20)17-9-11-19(12-10-17)26-18-6-3-2-4-7-18/h2-12,15H,13-14H2,1H3,(H,22,25). The quantitative estimate of drug-likeness (QED) is 0.664. The third-order valence-electron chi connectivity index (χ3n) is 3.87. The number of ether oxygens (including phenoxy) is 1. The van der Waals surface area contributed by atoms with Crippen molar-refractivity contribution >= 4 is 28.8 Å². The number of nitrogens with one attached hydrogen (secondary N) is 1. The van der Waals surface area contributed by atoms with Crippen LogP contribution in [-0.4, -0.2) is 24.9 Å². The Morgan fingerprint density at radius 2 is 1.67 bits per heavy atom. The monoisotopic (exact) mass is 380 g/mol. The van der Waals surface area contributed by atoms with Crippen LogP contribution < -0.4 is 15.0 Å². The van der Waals surface area contributed by atoms with Crippen LogP contribution in [0.15, 0.2) is 72.1 Å². The van der Waals surface area contributed by atoms with E-state index in [0.29, 0.717) is 23.7 Å². The van der Waals surface area contributed by atoms with Gasteiger partial charge >= 0.3 is 0 Å². The summed E-state index contributed by atoms with van der Waals surface area (Å²) in [5.41, 5.74) is 0.758. The molecule has 0 unspecified atom stereocenters. The van der Waals surface area contributed by atoms with Crippen molar-refractivity contribution in [3.05, 3.63) is 77.0 Å². The first kappa shape index (κ1) is 18.7. The Bertz CT molecular complexity index is 878. The molecular formula is C21H20N2O3S. The third-order valence-corrected chi connectivity index (χ3v) is 4.74. The van der Waals surface area contributed by atoms with Gasteiger partial charge in [-0.2, -0.15) is 0 Å². The van der Waals surface area contributed by atoms with Gasteiger partial charge in [-0.15, -0.1) is 11.3 Å². The van der Waals surface area contributed by atoms with Gasteiger partial charge in [-0.05, 0) is 47.8 Å². The second kappa shape index (κ2) is 9.00. The van der Waals surface area contributed by atoms with Crippen LogP contribution in [0.5, 0.6) is 11.5 Å². The lowest BCUT2D eigenvalue weighted by molar-refractivity contribution is -0.116. The number of hydrogen-bond acceptors (Lipinski definition) is 4. The zero-order chi connectivity index (χ0) is 19.1. The van der Waals surface area contributed by atoms with Crippen molar-refractivity contribution in [3.8, 4) is 11.5 Å². The Morgan fingerprint density at radius 3 is 2.30 bits per heavy atom. The molecule has 27 heavy (non-hydrogen) atoms. The van der Waals surface area contributed by atoms with E-state index in [-0.39, 0.29) is 11.8 Å². The fraction of sp³-hybridized carbons (Fsp3) is 0.143. The number of benzene rings is 2. The summed E-state index contributed by atoms with van der Waals surface area (Å²) in [4.78, 5) is 26.3. The first-order valence-electron chi connectivity index (χ1n) is 8.56. The van der Waals surface area contributed by atoms with Crippen molar-refractivity contribution < 1.29 is 14.3 Å². The number of amides is 2. The summed E-state index contributed by atoms with van der Waals surface area (Å²) >= 11 is 1.39. The molecule has 1 N–H and O–H groups in total. The molecule has 138 valence electrons. The van der Waals surface area contributed by atoms with Crippen LogP contribution in [0.25, 0.3) is 0 Å². The predicted octanol–water partition coefficient (Wildman–Crippen LogP) is 4.32. The molecule has 1 heterocycles. The molecule has 3 aromatic rings. The topological polar surface area (TPSA) is 58.6 Å². The minimum Gasteiger partial charge on any atom is -0.457 e. The summed E-state index contributed by atoms with van der Waals surface area (Å²) < 4.78 is 5.77. The van der Waals surface area contributed by atoms with E-state index >= 15 is 0 Å². The number of para-hydroxylation sites is 1. The summed E-state index contributed by atoms with van der Waals surface area (Å²) in [7, 11) is 0. The van der Waals surface area contributed by atoms with Crippen molar-refractivity contribution in [1.82, 2.24) is 5.32 Å². The van der Waals surface area contributed by atoms with E-state index in [4.69, 9.17) is 4.74 Å².